The second-order valence-corrected chi connectivity index (χ2v) is 6.39. The minimum atomic E-state index is -0.316. The van der Waals surface area contributed by atoms with Gasteiger partial charge in [0.1, 0.15) is 11.9 Å². The lowest BCUT2D eigenvalue weighted by Crippen LogP contribution is -2.27. The number of nitrogen functional groups attached to an aromatic ring is 1. The molecular weight excluding hydrogens is 332 g/mol. The molecular formula is C18H24N6O2. The second-order valence-electron chi connectivity index (χ2n) is 6.39. The maximum absolute atomic E-state index is 11.4. The molecule has 3 aromatic heterocycles. The van der Waals surface area contributed by atoms with Gasteiger partial charge in [0.25, 0.3) is 5.91 Å². The van der Waals surface area contributed by atoms with Gasteiger partial charge in [0.15, 0.2) is 5.69 Å². The summed E-state index contributed by atoms with van der Waals surface area (Å²) < 4.78 is 5.28. The van der Waals surface area contributed by atoms with E-state index in [1.165, 1.54) is 39.2 Å². The van der Waals surface area contributed by atoms with Crippen molar-refractivity contribution < 1.29 is 9.21 Å². The molecule has 0 saturated carbocycles. The Labute approximate surface area is 151 Å². The van der Waals surface area contributed by atoms with E-state index in [0.29, 0.717) is 16.9 Å². The SMILES string of the molecule is CNC(=O)c1coc(-c2cnc3[nH]ccc3c2N)n1.C[C@H]1CCCNC1. The number of fused-ring (bicyclic) bond motifs is 1. The van der Waals surface area contributed by atoms with Crippen LogP contribution < -0.4 is 16.4 Å². The van der Waals surface area contributed by atoms with E-state index in [1.807, 2.05) is 6.07 Å². The number of nitrogens with zero attached hydrogens (tertiary/aromatic N) is 2. The monoisotopic (exact) mass is 356 g/mol. The molecule has 0 aliphatic carbocycles. The van der Waals surface area contributed by atoms with Crippen LogP contribution in [-0.2, 0) is 0 Å². The zero-order chi connectivity index (χ0) is 18.5. The minimum Gasteiger partial charge on any atom is -0.443 e. The first kappa shape index (κ1) is 17.9. The van der Waals surface area contributed by atoms with Gasteiger partial charge in [-0.2, -0.15) is 0 Å². The maximum Gasteiger partial charge on any atom is 0.272 e. The number of H-pyrrole nitrogens is 1. The molecule has 1 aliphatic heterocycles. The summed E-state index contributed by atoms with van der Waals surface area (Å²) in [4.78, 5) is 22.7. The zero-order valence-corrected chi connectivity index (χ0v) is 15.0. The van der Waals surface area contributed by atoms with Crippen LogP contribution in [0.3, 0.4) is 0 Å². The van der Waals surface area contributed by atoms with Crippen LogP contribution in [-0.4, -0.2) is 41.0 Å². The number of hydrogen-bond acceptors (Lipinski definition) is 6. The van der Waals surface area contributed by atoms with Crippen molar-refractivity contribution in [2.45, 2.75) is 19.8 Å². The average Bonchev–Trinajstić information content (AvgIpc) is 3.32. The number of nitrogens with one attached hydrogen (secondary N) is 3. The predicted molar refractivity (Wildman–Crippen MR) is 101 cm³/mol. The van der Waals surface area contributed by atoms with E-state index in [1.54, 1.807) is 12.4 Å². The van der Waals surface area contributed by atoms with Crippen molar-refractivity contribution in [1.29, 1.82) is 0 Å². The molecule has 1 saturated heterocycles. The Balaban J connectivity index is 0.000000236. The average molecular weight is 356 g/mol. The molecule has 0 radical (unpaired) electrons. The number of hydrogen-bond donors (Lipinski definition) is 4. The summed E-state index contributed by atoms with van der Waals surface area (Å²) in [6.07, 6.45) is 7.40. The van der Waals surface area contributed by atoms with E-state index in [4.69, 9.17) is 10.2 Å². The summed E-state index contributed by atoms with van der Waals surface area (Å²) in [7, 11) is 1.53. The smallest absolute Gasteiger partial charge is 0.272 e. The highest BCUT2D eigenvalue weighted by Crippen LogP contribution is 2.30. The molecule has 1 fully saturated rings. The number of nitrogens with two attached hydrogens (primary N) is 1. The summed E-state index contributed by atoms with van der Waals surface area (Å²) in [5.74, 6) is 0.879. The standard InChI is InChI=1S/C12H11N5O2.C6H13N/c1-14-11(18)8-5-19-12(17-8)7-4-16-10-6(9(7)13)2-3-15-10;1-6-3-2-4-7-5-6/h2-5H,1H3,(H,14,18)(H3,13,15,16);6-7H,2-5H2,1H3/t;6-/m.0/s1. The van der Waals surface area contributed by atoms with Crippen molar-refractivity contribution in [3.05, 3.63) is 30.4 Å². The molecule has 138 valence electrons. The predicted octanol–water partition coefficient (Wildman–Crippen LogP) is 2.17. The number of aromatic nitrogens is 3. The fraction of sp³-hybridized carbons (Fsp3) is 0.389. The Morgan fingerprint density at radius 1 is 1.46 bits per heavy atom. The van der Waals surface area contributed by atoms with Crippen LogP contribution in [0.5, 0.6) is 0 Å². The number of amides is 1. The quantitative estimate of drug-likeness (QED) is 0.558. The third-order valence-corrected chi connectivity index (χ3v) is 4.37. The van der Waals surface area contributed by atoms with Gasteiger partial charge >= 0.3 is 0 Å². The first-order valence-corrected chi connectivity index (χ1v) is 8.70. The molecule has 1 amide bonds. The van der Waals surface area contributed by atoms with Crippen molar-refractivity contribution in [1.82, 2.24) is 25.6 Å². The van der Waals surface area contributed by atoms with Crippen molar-refractivity contribution in [3.63, 3.8) is 0 Å². The van der Waals surface area contributed by atoms with Gasteiger partial charge in [-0.1, -0.05) is 6.92 Å². The van der Waals surface area contributed by atoms with Crippen LogP contribution >= 0.6 is 0 Å². The topological polar surface area (TPSA) is 122 Å². The van der Waals surface area contributed by atoms with Gasteiger partial charge in [-0.25, -0.2) is 9.97 Å². The number of piperidine rings is 1. The molecule has 1 atom stereocenters. The Kier molecular flexibility index (Phi) is 5.52. The van der Waals surface area contributed by atoms with E-state index in [9.17, 15) is 4.79 Å². The molecule has 0 bridgehead atoms. The molecule has 8 nitrogen and oxygen atoms in total. The molecule has 3 aromatic rings. The van der Waals surface area contributed by atoms with E-state index in [-0.39, 0.29) is 17.5 Å². The Bertz CT molecular complexity index is 879. The Morgan fingerprint density at radius 2 is 2.31 bits per heavy atom. The number of carbonyl (C=O) groups is 1. The molecule has 0 spiro atoms. The van der Waals surface area contributed by atoms with Crippen LogP contribution in [0, 0.1) is 5.92 Å². The van der Waals surface area contributed by atoms with E-state index in [0.717, 1.165) is 11.3 Å². The van der Waals surface area contributed by atoms with Gasteiger partial charge in [-0.15, -0.1) is 0 Å². The van der Waals surface area contributed by atoms with Crippen molar-refractivity contribution in [2.75, 3.05) is 25.9 Å². The van der Waals surface area contributed by atoms with Gasteiger partial charge in [0.2, 0.25) is 5.89 Å². The number of rotatable bonds is 2. The molecule has 0 aromatic carbocycles. The number of aromatic amines is 1. The van der Waals surface area contributed by atoms with Gasteiger partial charge in [0.05, 0.1) is 11.3 Å². The molecule has 5 N–H and O–H groups in total. The maximum atomic E-state index is 11.4. The Morgan fingerprint density at radius 3 is 2.96 bits per heavy atom. The fourth-order valence-corrected chi connectivity index (χ4v) is 2.85. The number of anilines is 1. The summed E-state index contributed by atoms with van der Waals surface area (Å²) in [6, 6.07) is 1.82. The highest BCUT2D eigenvalue weighted by Gasteiger charge is 2.16. The van der Waals surface area contributed by atoms with E-state index in [2.05, 4.69) is 32.5 Å². The van der Waals surface area contributed by atoms with Crippen LogP contribution in [0.1, 0.15) is 30.3 Å². The fourth-order valence-electron chi connectivity index (χ4n) is 2.85. The summed E-state index contributed by atoms with van der Waals surface area (Å²) >= 11 is 0. The second kappa shape index (κ2) is 8.01. The summed E-state index contributed by atoms with van der Waals surface area (Å²) in [6.45, 7) is 4.77. The number of carbonyl (C=O) groups excluding carboxylic acids is 1. The zero-order valence-electron chi connectivity index (χ0n) is 15.0. The van der Waals surface area contributed by atoms with Gasteiger partial charge in [-0.05, 0) is 37.9 Å². The first-order valence-electron chi connectivity index (χ1n) is 8.70. The summed E-state index contributed by atoms with van der Waals surface area (Å²) in [5.41, 5.74) is 8.01. The van der Waals surface area contributed by atoms with E-state index < -0.39 is 0 Å². The highest BCUT2D eigenvalue weighted by molar-refractivity contribution is 5.96. The van der Waals surface area contributed by atoms with Gasteiger partial charge in [0, 0.05) is 24.8 Å². The minimum absolute atomic E-state index is 0.200. The Hall–Kier alpha value is -2.87. The number of oxazole rings is 1. The molecule has 8 heteroatoms. The van der Waals surface area contributed by atoms with Crippen LogP contribution in [0.25, 0.3) is 22.5 Å². The normalized spacial score (nSPS) is 16.8. The third-order valence-electron chi connectivity index (χ3n) is 4.37. The van der Waals surface area contributed by atoms with Crippen LogP contribution in [0.4, 0.5) is 5.69 Å². The van der Waals surface area contributed by atoms with Crippen LogP contribution in [0.2, 0.25) is 0 Å². The molecule has 4 rings (SSSR count). The highest BCUT2D eigenvalue weighted by atomic mass is 16.3. The molecule has 26 heavy (non-hydrogen) atoms. The largest absolute Gasteiger partial charge is 0.443 e. The first-order chi connectivity index (χ1) is 12.6. The van der Waals surface area contributed by atoms with Gasteiger partial charge in [-0.3, -0.25) is 4.79 Å². The van der Waals surface area contributed by atoms with Crippen LogP contribution in [0.15, 0.2) is 29.1 Å². The lowest BCUT2D eigenvalue weighted by atomic mass is 10.0. The van der Waals surface area contributed by atoms with Crippen molar-refractivity contribution >= 4 is 22.6 Å². The molecule has 1 aliphatic rings. The molecule has 4 heterocycles. The molecule has 0 unspecified atom stereocenters. The van der Waals surface area contributed by atoms with Crippen molar-refractivity contribution in [2.24, 2.45) is 5.92 Å². The number of pyridine rings is 1. The van der Waals surface area contributed by atoms with Gasteiger partial charge < -0.3 is 25.8 Å². The lowest BCUT2D eigenvalue weighted by molar-refractivity contribution is 0.0958. The summed E-state index contributed by atoms with van der Waals surface area (Å²) in [5, 5.41) is 6.60. The van der Waals surface area contributed by atoms with Crippen molar-refractivity contribution in [3.8, 4) is 11.5 Å². The lowest BCUT2D eigenvalue weighted by Gasteiger charge is -2.17. The third kappa shape index (κ3) is 3.85. The van der Waals surface area contributed by atoms with E-state index >= 15 is 0 Å².